The third-order valence-corrected chi connectivity index (χ3v) is 6.54. The molecule has 0 aliphatic carbocycles. The number of para-hydroxylation sites is 2. The van der Waals surface area contributed by atoms with E-state index in [1.165, 1.54) is 30.1 Å². The Labute approximate surface area is 229 Å². The SMILES string of the molecule is COc1ccccc1NC(=O)C1=C(C)Nc2c(C(=O)Nc3cccc(C)c3)cnn2C1c1cccc([N+](=O)[O-])c1. The van der Waals surface area contributed by atoms with Gasteiger partial charge in [-0.2, -0.15) is 5.10 Å². The number of anilines is 3. The topological polar surface area (TPSA) is 140 Å². The van der Waals surface area contributed by atoms with Crippen LogP contribution in [0.1, 0.15) is 34.5 Å². The van der Waals surface area contributed by atoms with Crippen molar-refractivity contribution in [2.75, 3.05) is 23.1 Å². The lowest BCUT2D eigenvalue weighted by Gasteiger charge is -2.30. The average molecular weight is 539 g/mol. The largest absolute Gasteiger partial charge is 0.495 e. The Kier molecular flexibility index (Phi) is 7.02. The number of hydrogen-bond donors (Lipinski definition) is 3. The first-order valence-corrected chi connectivity index (χ1v) is 12.4. The summed E-state index contributed by atoms with van der Waals surface area (Å²) in [7, 11) is 1.50. The minimum atomic E-state index is -0.869. The summed E-state index contributed by atoms with van der Waals surface area (Å²) >= 11 is 0. The lowest BCUT2D eigenvalue weighted by atomic mass is 9.94. The molecule has 0 fully saturated rings. The van der Waals surface area contributed by atoms with E-state index in [2.05, 4.69) is 21.0 Å². The summed E-state index contributed by atoms with van der Waals surface area (Å²) in [6.07, 6.45) is 1.41. The van der Waals surface area contributed by atoms with E-state index in [4.69, 9.17) is 4.74 Å². The van der Waals surface area contributed by atoms with Crippen molar-refractivity contribution in [3.63, 3.8) is 0 Å². The number of allylic oxidation sites excluding steroid dienone is 1. The molecule has 3 N–H and O–H groups in total. The summed E-state index contributed by atoms with van der Waals surface area (Å²) in [5, 5.41) is 25.0. The van der Waals surface area contributed by atoms with Crippen LogP contribution in [0.2, 0.25) is 0 Å². The number of nitrogens with zero attached hydrogens (tertiary/aromatic N) is 3. The number of benzene rings is 3. The smallest absolute Gasteiger partial charge is 0.269 e. The first-order valence-electron chi connectivity index (χ1n) is 12.4. The molecule has 2 amide bonds. The molecule has 5 rings (SSSR count). The Hall–Kier alpha value is -5.45. The molecule has 1 unspecified atom stereocenters. The first kappa shape index (κ1) is 26.2. The number of hydrogen-bond acceptors (Lipinski definition) is 7. The van der Waals surface area contributed by atoms with Gasteiger partial charge in [-0.25, -0.2) is 4.68 Å². The Morgan fingerprint density at radius 1 is 1.00 bits per heavy atom. The highest BCUT2D eigenvalue weighted by Gasteiger charge is 2.36. The van der Waals surface area contributed by atoms with Crippen molar-refractivity contribution in [2.24, 2.45) is 0 Å². The number of rotatable bonds is 7. The molecule has 1 aromatic heterocycles. The van der Waals surface area contributed by atoms with E-state index < -0.39 is 22.8 Å². The molecule has 11 nitrogen and oxygen atoms in total. The second kappa shape index (κ2) is 10.7. The van der Waals surface area contributed by atoms with Gasteiger partial charge in [-0.3, -0.25) is 19.7 Å². The van der Waals surface area contributed by atoms with Gasteiger partial charge in [-0.1, -0.05) is 36.4 Å². The van der Waals surface area contributed by atoms with Gasteiger partial charge in [0.2, 0.25) is 0 Å². The highest BCUT2D eigenvalue weighted by atomic mass is 16.6. The second-order valence-corrected chi connectivity index (χ2v) is 9.25. The highest BCUT2D eigenvalue weighted by molar-refractivity contribution is 6.09. The number of nitrogens with one attached hydrogen (secondary N) is 3. The molecular formula is C29H26N6O5. The fourth-order valence-electron chi connectivity index (χ4n) is 4.69. The van der Waals surface area contributed by atoms with E-state index in [0.717, 1.165) is 5.56 Å². The summed E-state index contributed by atoms with van der Waals surface area (Å²) in [5.74, 6) is -0.0301. The Bertz CT molecular complexity index is 1670. The van der Waals surface area contributed by atoms with Crippen LogP contribution in [-0.4, -0.2) is 33.6 Å². The van der Waals surface area contributed by atoms with Crippen LogP contribution in [-0.2, 0) is 4.79 Å². The van der Waals surface area contributed by atoms with Gasteiger partial charge < -0.3 is 20.7 Å². The van der Waals surface area contributed by atoms with E-state index in [1.807, 2.05) is 25.1 Å². The number of ether oxygens (including phenoxy) is 1. The fourth-order valence-corrected chi connectivity index (χ4v) is 4.69. The van der Waals surface area contributed by atoms with Crippen LogP contribution in [0.25, 0.3) is 0 Å². The molecule has 40 heavy (non-hydrogen) atoms. The second-order valence-electron chi connectivity index (χ2n) is 9.25. The molecule has 1 aliphatic heterocycles. The number of nitro benzene ring substituents is 1. The number of carbonyl (C=O) groups is 2. The van der Waals surface area contributed by atoms with Gasteiger partial charge >= 0.3 is 0 Å². The van der Waals surface area contributed by atoms with E-state index in [0.29, 0.717) is 34.2 Å². The van der Waals surface area contributed by atoms with Crippen LogP contribution in [0, 0.1) is 17.0 Å². The predicted octanol–water partition coefficient (Wildman–Crippen LogP) is 5.29. The molecule has 0 saturated carbocycles. The van der Waals surface area contributed by atoms with Crippen LogP contribution in [0.15, 0.2) is 90.3 Å². The summed E-state index contributed by atoms with van der Waals surface area (Å²) < 4.78 is 6.87. The first-order chi connectivity index (χ1) is 19.3. The number of aryl methyl sites for hydroxylation is 1. The Balaban J connectivity index is 1.58. The van der Waals surface area contributed by atoms with Gasteiger partial charge in [0, 0.05) is 23.5 Å². The van der Waals surface area contributed by atoms with Crippen molar-refractivity contribution in [1.82, 2.24) is 9.78 Å². The average Bonchev–Trinajstić information content (AvgIpc) is 3.36. The molecule has 0 bridgehead atoms. The summed E-state index contributed by atoms with van der Waals surface area (Å²) in [6.45, 7) is 3.63. The van der Waals surface area contributed by atoms with E-state index in [-0.39, 0.29) is 16.8 Å². The van der Waals surface area contributed by atoms with Gasteiger partial charge in [0.05, 0.1) is 29.5 Å². The highest BCUT2D eigenvalue weighted by Crippen LogP contribution is 2.39. The molecule has 3 aromatic carbocycles. The lowest BCUT2D eigenvalue weighted by Crippen LogP contribution is -2.32. The van der Waals surface area contributed by atoms with Gasteiger partial charge in [0.25, 0.3) is 17.5 Å². The molecule has 1 aliphatic rings. The zero-order valence-corrected chi connectivity index (χ0v) is 22.0. The molecule has 2 heterocycles. The van der Waals surface area contributed by atoms with E-state index in [1.54, 1.807) is 49.4 Å². The molecule has 202 valence electrons. The van der Waals surface area contributed by atoms with Crippen LogP contribution < -0.4 is 20.7 Å². The van der Waals surface area contributed by atoms with Crippen molar-refractivity contribution >= 4 is 34.7 Å². The summed E-state index contributed by atoms with van der Waals surface area (Å²) in [5.41, 5.74) is 3.37. The quantitative estimate of drug-likeness (QED) is 0.215. The maximum atomic E-state index is 13.8. The fraction of sp³-hybridized carbons (Fsp3) is 0.138. The monoisotopic (exact) mass is 538 g/mol. The predicted molar refractivity (Wildman–Crippen MR) is 151 cm³/mol. The molecule has 1 atom stereocenters. The maximum absolute atomic E-state index is 13.8. The minimum absolute atomic E-state index is 0.135. The van der Waals surface area contributed by atoms with Gasteiger partial charge in [-0.15, -0.1) is 0 Å². The molecule has 0 spiro atoms. The molecule has 0 radical (unpaired) electrons. The number of carbonyl (C=O) groups excluding carboxylic acids is 2. The Morgan fingerprint density at radius 3 is 2.52 bits per heavy atom. The summed E-state index contributed by atoms with van der Waals surface area (Å²) in [6, 6.07) is 19.5. The van der Waals surface area contributed by atoms with Gasteiger partial charge in [0.1, 0.15) is 23.2 Å². The van der Waals surface area contributed by atoms with Crippen molar-refractivity contribution in [2.45, 2.75) is 19.9 Å². The molecule has 4 aromatic rings. The van der Waals surface area contributed by atoms with Gasteiger partial charge in [-0.05, 0) is 49.2 Å². The summed E-state index contributed by atoms with van der Waals surface area (Å²) in [4.78, 5) is 38.1. The third kappa shape index (κ3) is 4.99. The van der Waals surface area contributed by atoms with Crippen molar-refractivity contribution in [3.05, 3.63) is 117 Å². The third-order valence-electron chi connectivity index (χ3n) is 6.54. The number of fused-ring (bicyclic) bond motifs is 1. The van der Waals surface area contributed by atoms with Crippen molar-refractivity contribution in [3.8, 4) is 5.75 Å². The van der Waals surface area contributed by atoms with Crippen LogP contribution in [0.4, 0.5) is 22.9 Å². The van der Waals surface area contributed by atoms with Crippen molar-refractivity contribution in [1.29, 1.82) is 0 Å². The van der Waals surface area contributed by atoms with Gasteiger partial charge in [0.15, 0.2) is 0 Å². The zero-order chi connectivity index (χ0) is 28.4. The molecule has 0 saturated heterocycles. The molecule has 11 heteroatoms. The number of amides is 2. The standard InChI is InChI=1S/C29H26N6O5/c1-17-8-6-10-20(14-17)32-28(36)22-16-30-34-26(19-9-7-11-21(15-19)35(38)39)25(18(2)31-27(22)34)29(37)33-23-12-4-5-13-24(23)40-3/h4-16,26,31H,1-3H3,(H,32,36)(H,33,37). The molecular weight excluding hydrogens is 512 g/mol. The van der Waals surface area contributed by atoms with Crippen LogP contribution >= 0.6 is 0 Å². The number of non-ortho nitro benzene ring substituents is 1. The number of nitro groups is 1. The number of methoxy groups -OCH3 is 1. The van der Waals surface area contributed by atoms with Crippen LogP contribution in [0.5, 0.6) is 5.75 Å². The lowest BCUT2D eigenvalue weighted by molar-refractivity contribution is -0.384. The number of aromatic nitrogens is 2. The zero-order valence-electron chi connectivity index (χ0n) is 22.0. The van der Waals surface area contributed by atoms with Crippen LogP contribution in [0.3, 0.4) is 0 Å². The normalized spacial score (nSPS) is 14.1. The minimum Gasteiger partial charge on any atom is -0.495 e. The van der Waals surface area contributed by atoms with E-state index >= 15 is 0 Å². The van der Waals surface area contributed by atoms with Crippen molar-refractivity contribution < 1.29 is 19.2 Å². The maximum Gasteiger partial charge on any atom is 0.269 e. The Morgan fingerprint density at radius 2 is 1.77 bits per heavy atom. The van der Waals surface area contributed by atoms with E-state index in [9.17, 15) is 19.7 Å².